The first kappa shape index (κ1) is 16.3. The maximum atomic E-state index is 11.6. The minimum atomic E-state index is -0.380. The van der Waals surface area contributed by atoms with E-state index >= 15 is 0 Å². The van der Waals surface area contributed by atoms with Crippen LogP contribution in [0.5, 0.6) is 0 Å². The quantitative estimate of drug-likeness (QED) is 0.798. The highest BCUT2D eigenvalue weighted by Crippen LogP contribution is 2.26. The number of hydrogen-bond acceptors (Lipinski definition) is 2. The molecule has 0 fully saturated rings. The zero-order valence-corrected chi connectivity index (χ0v) is 13.6. The fraction of sp³-hybridized carbons (Fsp3) is 0.389. The molecule has 2 rings (SSSR count). The molecule has 0 unspecified atom stereocenters. The van der Waals surface area contributed by atoms with Gasteiger partial charge in [0.25, 0.3) is 5.91 Å². The Morgan fingerprint density at radius 1 is 1.23 bits per heavy atom. The lowest BCUT2D eigenvalue weighted by Crippen LogP contribution is -2.13. The zero-order chi connectivity index (χ0) is 16.1. The Balaban J connectivity index is 2.35. The monoisotopic (exact) mass is 300 g/mol. The van der Waals surface area contributed by atoms with Crippen molar-refractivity contribution in [2.24, 2.45) is 5.73 Å². The number of benzene rings is 1. The summed E-state index contributed by atoms with van der Waals surface area (Å²) in [6, 6.07) is 10.2. The van der Waals surface area contributed by atoms with Crippen molar-refractivity contribution in [2.75, 3.05) is 13.2 Å². The summed E-state index contributed by atoms with van der Waals surface area (Å²) in [6.45, 7) is 8.24. The van der Waals surface area contributed by atoms with Gasteiger partial charge in [-0.05, 0) is 38.8 Å². The molecule has 2 N–H and O–H groups in total. The Morgan fingerprint density at radius 3 is 2.50 bits per heavy atom. The summed E-state index contributed by atoms with van der Waals surface area (Å²) < 4.78 is 7.56. The molecule has 0 saturated carbocycles. The van der Waals surface area contributed by atoms with Crippen LogP contribution < -0.4 is 5.73 Å². The lowest BCUT2D eigenvalue weighted by Gasteiger charge is -2.12. The van der Waals surface area contributed by atoms with E-state index in [1.165, 1.54) is 5.56 Å². The molecule has 0 aliphatic heterocycles. The molecular formula is C18H24N2O2. The molecule has 0 aliphatic rings. The largest absolute Gasteiger partial charge is 0.382 e. The van der Waals surface area contributed by atoms with E-state index in [0.717, 1.165) is 36.5 Å². The first-order chi connectivity index (χ1) is 10.5. The fourth-order valence-corrected chi connectivity index (χ4v) is 2.62. The van der Waals surface area contributed by atoms with E-state index in [1.54, 1.807) is 0 Å². The van der Waals surface area contributed by atoms with E-state index < -0.39 is 0 Å². The normalized spacial score (nSPS) is 10.9. The topological polar surface area (TPSA) is 57.2 Å². The summed E-state index contributed by atoms with van der Waals surface area (Å²) in [4.78, 5) is 11.6. The molecule has 0 atom stereocenters. The van der Waals surface area contributed by atoms with E-state index in [2.05, 4.69) is 35.8 Å². The number of carbonyl (C=O) groups is 1. The number of amides is 1. The van der Waals surface area contributed by atoms with Gasteiger partial charge in [0.1, 0.15) is 0 Å². The van der Waals surface area contributed by atoms with Crippen molar-refractivity contribution in [3.05, 3.63) is 47.2 Å². The maximum Gasteiger partial charge on any atom is 0.250 e. The van der Waals surface area contributed by atoms with Crippen molar-refractivity contribution in [2.45, 2.75) is 33.7 Å². The average molecular weight is 300 g/mol. The molecule has 0 bridgehead atoms. The van der Waals surface area contributed by atoms with Crippen LogP contribution in [-0.4, -0.2) is 23.7 Å². The van der Waals surface area contributed by atoms with Gasteiger partial charge in [-0.1, -0.05) is 29.8 Å². The van der Waals surface area contributed by atoms with Crippen LogP contribution in [0.4, 0.5) is 0 Å². The van der Waals surface area contributed by atoms with Gasteiger partial charge in [-0.25, -0.2) is 0 Å². The summed E-state index contributed by atoms with van der Waals surface area (Å²) in [5.41, 5.74) is 10.3. The van der Waals surface area contributed by atoms with Crippen molar-refractivity contribution < 1.29 is 9.53 Å². The molecule has 118 valence electrons. The molecule has 4 heteroatoms. The summed E-state index contributed by atoms with van der Waals surface area (Å²) in [5.74, 6) is -0.380. The first-order valence-electron chi connectivity index (χ1n) is 7.69. The van der Waals surface area contributed by atoms with Gasteiger partial charge in [0.05, 0.1) is 5.56 Å². The van der Waals surface area contributed by atoms with Gasteiger partial charge in [0.2, 0.25) is 0 Å². The van der Waals surface area contributed by atoms with Crippen LogP contribution in [0.1, 0.15) is 35.0 Å². The summed E-state index contributed by atoms with van der Waals surface area (Å²) in [5, 5.41) is 0. The molecular weight excluding hydrogens is 276 g/mol. The summed E-state index contributed by atoms with van der Waals surface area (Å²) >= 11 is 0. The second-order valence-corrected chi connectivity index (χ2v) is 5.46. The van der Waals surface area contributed by atoms with E-state index in [4.69, 9.17) is 10.5 Å². The van der Waals surface area contributed by atoms with Crippen LogP contribution in [0.3, 0.4) is 0 Å². The van der Waals surface area contributed by atoms with Crippen molar-refractivity contribution >= 4 is 5.91 Å². The van der Waals surface area contributed by atoms with Crippen molar-refractivity contribution in [1.29, 1.82) is 0 Å². The highest BCUT2D eigenvalue weighted by molar-refractivity contribution is 5.95. The van der Waals surface area contributed by atoms with Crippen LogP contribution in [0.2, 0.25) is 0 Å². The van der Waals surface area contributed by atoms with Gasteiger partial charge in [0, 0.05) is 31.1 Å². The van der Waals surface area contributed by atoms with E-state index in [-0.39, 0.29) is 5.91 Å². The smallest absolute Gasteiger partial charge is 0.250 e. The molecule has 0 radical (unpaired) electrons. The number of hydrogen-bond donors (Lipinski definition) is 1. The van der Waals surface area contributed by atoms with Gasteiger partial charge in [-0.2, -0.15) is 0 Å². The van der Waals surface area contributed by atoms with Crippen molar-refractivity contribution in [3.8, 4) is 11.3 Å². The molecule has 0 spiro atoms. The average Bonchev–Trinajstić information content (AvgIpc) is 2.82. The number of ether oxygens (including phenoxy) is 1. The molecule has 2 aromatic rings. The maximum absolute atomic E-state index is 11.6. The molecule has 0 aliphatic carbocycles. The lowest BCUT2D eigenvalue weighted by molar-refractivity contribution is 0.0999. The summed E-state index contributed by atoms with van der Waals surface area (Å²) in [7, 11) is 0. The Labute approximate surface area is 131 Å². The number of rotatable bonds is 7. The summed E-state index contributed by atoms with van der Waals surface area (Å²) in [6.07, 6.45) is 0.903. The van der Waals surface area contributed by atoms with Gasteiger partial charge >= 0.3 is 0 Å². The third kappa shape index (κ3) is 3.57. The van der Waals surface area contributed by atoms with Crippen LogP contribution in [0.15, 0.2) is 30.3 Å². The second kappa shape index (κ2) is 7.27. The highest BCUT2D eigenvalue weighted by Gasteiger charge is 2.16. The Hall–Kier alpha value is -2.07. The highest BCUT2D eigenvalue weighted by atomic mass is 16.5. The minimum absolute atomic E-state index is 0.380. The fourth-order valence-electron chi connectivity index (χ4n) is 2.62. The molecule has 1 amide bonds. The number of aromatic nitrogens is 1. The molecule has 1 aromatic heterocycles. The molecule has 22 heavy (non-hydrogen) atoms. The van der Waals surface area contributed by atoms with Crippen LogP contribution in [0.25, 0.3) is 11.3 Å². The van der Waals surface area contributed by atoms with Crippen molar-refractivity contribution in [3.63, 3.8) is 0 Å². The second-order valence-electron chi connectivity index (χ2n) is 5.46. The number of primary amides is 1. The molecule has 0 saturated heterocycles. The predicted octanol–water partition coefficient (Wildman–Crippen LogP) is 3.30. The number of nitrogens with zero attached hydrogens (tertiary/aromatic N) is 1. The van der Waals surface area contributed by atoms with Crippen LogP contribution in [0, 0.1) is 13.8 Å². The van der Waals surface area contributed by atoms with Gasteiger partial charge < -0.3 is 15.0 Å². The number of nitrogens with two attached hydrogens (primary N) is 1. The SMILES string of the molecule is CCOCCCn1c(-c2ccc(C)cc2)cc(C(N)=O)c1C. The number of aryl methyl sites for hydroxylation is 1. The standard InChI is InChI=1S/C18H24N2O2/c1-4-22-11-5-10-20-14(3)16(18(19)21)12-17(20)15-8-6-13(2)7-9-15/h6-9,12H,4-5,10-11H2,1-3H3,(H2,19,21). The Morgan fingerprint density at radius 2 is 1.91 bits per heavy atom. The van der Waals surface area contributed by atoms with E-state index in [1.807, 2.05) is 19.9 Å². The molecule has 1 heterocycles. The van der Waals surface area contributed by atoms with E-state index in [9.17, 15) is 4.79 Å². The Bertz CT molecular complexity index is 642. The van der Waals surface area contributed by atoms with Crippen LogP contribution in [-0.2, 0) is 11.3 Å². The van der Waals surface area contributed by atoms with Gasteiger partial charge in [-0.3, -0.25) is 4.79 Å². The predicted molar refractivity (Wildman–Crippen MR) is 89.0 cm³/mol. The van der Waals surface area contributed by atoms with Gasteiger partial charge in [0.15, 0.2) is 0 Å². The number of carbonyl (C=O) groups excluding carboxylic acids is 1. The van der Waals surface area contributed by atoms with Crippen molar-refractivity contribution in [1.82, 2.24) is 4.57 Å². The lowest BCUT2D eigenvalue weighted by atomic mass is 10.1. The molecule has 4 nitrogen and oxygen atoms in total. The van der Waals surface area contributed by atoms with E-state index in [0.29, 0.717) is 12.2 Å². The first-order valence-corrected chi connectivity index (χ1v) is 7.69. The zero-order valence-electron chi connectivity index (χ0n) is 13.6. The minimum Gasteiger partial charge on any atom is -0.382 e. The third-order valence-corrected chi connectivity index (χ3v) is 3.85. The van der Waals surface area contributed by atoms with Gasteiger partial charge in [-0.15, -0.1) is 0 Å². The van der Waals surface area contributed by atoms with Crippen LogP contribution >= 0.6 is 0 Å². The Kier molecular flexibility index (Phi) is 5.39. The molecule has 1 aromatic carbocycles. The third-order valence-electron chi connectivity index (χ3n) is 3.85.